The normalized spacial score (nSPS) is 28.3. The van der Waals surface area contributed by atoms with Crippen LogP contribution in [0, 0.1) is 17.7 Å². The summed E-state index contributed by atoms with van der Waals surface area (Å²) in [5.41, 5.74) is 1.21. The Hall–Kier alpha value is -2.94. The van der Waals surface area contributed by atoms with E-state index in [1.165, 1.54) is 12.1 Å². The number of nitrogens with zero attached hydrogens (tertiary/aromatic N) is 3. The highest BCUT2D eigenvalue weighted by Gasteiger charge is 2.66. The first-order valence-electron chi connectivity index (χ1n) is 13.3. The fraction of sp³-hybridized carbons (Fsp3) is 0.448. The van der Waals surface area contributed by atoms with E-state index < -0.39 is 17.4 Å². The lowest BCUT2D eigenvalue weighted by atomic mass is 9.77. The lowest BCUT2D eigenvalue weighted by Crippen LogP contribution is -2.47. The zero-order valence-electron chi connectivity index (χ0n) is 21.2. The Morgan fingerprint density at radius 3 is 2.63 bits per heavy atom. The fourth-order valence-electron chi connectivity index (χ4n) is 6.36. The van der Waals surface area contributed by atoms with E-state index >= 15 is 0 Å². The Bertz CT molecular complexity index is 1230. The molecule has 0 saturated carbocycles. The topological polar surface area (TPSA) is 65.1 Å². The van der Waals surface area contributed by atoms with Crippen LogP contribution < -0.4 is 10.2 Å². The highest BCUT2D eigenvalue weighted by atomic mass is 35.5. The van der Waals surface area contributed by atoms with Gasteiger partial charge in [0.1, 0.15) is 11.4 Å². The number of ether oxygens (including phenoxy) is 1. The van der Waals surface area contributed by atoms with Crippen LogP contribution in [0.4, 0.5) is 10.1 Å². The molecular weight excluding hydrogens is 507 g/mol. The third-order valence-electron chi connectivity index (χ3n) is 8.31. The van der Waals surface area contributed by atoms with Gasteiger partial charge in [0.2, 0.25) is 11.8 Å². The highest BCUT2D eigenvalue weighted by Crippen LogP contribution is 2.52. The van der Waals surface area contributed by atoms with Gasteiger partial charge < -0.3 is 19.9 Å². The molecule has 2 bridgehead atoms. The standard InChI is InChI=1S/C29H32ClFN4O3/c30-23-5-2-1-4-20(23)18-35-19-29-11-10-24(38-29)25(26(29)28(35)37)27(36)32-12-3-13-33-14-16-34(17-15-33)22-8-6-21(31)7-9-22/h1-2,4-11,24-26H,3,12-19H2,(H,32,36)/t24-,25+,26-,29+/m1/s1. The molecule has 4 heterocycles. The number of piperazine rings is 1. The number of amides is 2. The summed E-state index contributed by atoms with van der Waals surface area (Å²) < 4.78 is 19.4. The molecule has 4 aliphatic rings. The van der Waals surface area contributed by atoms with Crippen molar-refractivity contribution in [2.24, 2.45) is 11.8 Å². The number of carbonyl (C=O) groups excluding carboxylic acids is 2. The van der Waals surface area contributed by atoms with E-state index in [-0.39, 0.29) is 23.7 Å². The number of likely N-dealkylation sites (tertiary alicyclic amines) is 1. The minimum Gasteiger partial charge on any atom is -0.369 e. The van der Waals surface area contributed by atoms with Crippen molar-refractivity contribution in [2.75, 3.05) is 50.7 Å². The van der Waals surface area contributed by atoms with E-state index in [1.807, 2.05) is 48.6 Å². The second-order valence-corrected chi connectivity index (χ2v) is 11.0. The van der Waals surface area contributed by atoms with Gasteiger partial charge in [0.05, 0.1) is 24.5 Å². The molecule has 0 aromatic heterocycles. The monoisotopic (exact) mass is 538 g/mol. The van der Waals surface area contributed by atoms with Gasteiger partial charge in [0.15, 0.2) is 0 Å². The summed E-state index contributed by atoms with van der Waals surface area (Å²) in [6.07, 6.45) is 4.39. The van der Waals surface area contributed by atoms with Crippen molar-refractivity contribution in [3.05, 3.63) is 77.1 Å². The summed E-state index contributed by atoms with van der Waals surface area (Å²) in [6.45, 7) is 5.92. The van der Waals surface area contributed by atoms with Crippen LogP contribution in [0.1, 0.15) is 12.0 Å². The molecule has 3 fully saturated rings. The maximum absolute atomic E-state index is 13.4. The average molecular weight is 539 g/mol. The first-order valence-corrected chi connectivity index (χ1v) is 13.7. The minimum atomic E-state index is -0.727. The molecule has 2 aromatic rings. The van der Waals surface area contributed by atoms with Gasteiger partial charge in [-0.05, 0) is 48.9 Å². The van der Waals surface area contributed by atoms with Crippen LogP contribution in [0.25, 0.3) is 0 Å². The van der Waals surface area contributed by atoms with Crippen molar-refractivity contribution in [2.45, 2.75) is 24.7 Å². The first kappa shape index (κ1) is 25.3. The van der Waals surface area contributed by atoms with Gasteiger partial charge >= 0.3 is 0 Å². The summed E-state index contributed by atoms with van der Waals surface area (Å²) >= 11 is 6.33. The molecule has 38 heavy (non-hydrogen) atoms. The Kier molecular flexibility index (Phi) is 6.88. The maximum atomic E-state index is 13.4. The molecule has 9 heteroatoms. The summed E-state index contributed by atoms with van der Waals surface area (Å²) in [6, 6.07) is 14.2. The van der Waals surface area contributed by atoms with Gasteiger partial charge in [-0.2, -0.15) is 0 Å². The maximum Gasteiger partial charge on any atom is 0.230 e. The molecule has 3 saturated heterocycles. The Balaban J connectivity index is 0.987. The first-order chi connectivity index (χ1) is 18.4. The van der Waals surface area contributed by atoms with Crippen molar-refractivity contribution in [1.82, 2.24) is 15.1 Å². The van der Waals surface area contributed by atoms with Crippen molar-refractivity contribution >= 4 is 29.1 Å². The smallest absolute Gasteiger partial charge is 0.230 e. The Morgan fingerprint density at radius 2 is 1.87 bits per heavy atom. The molecule has 7 nitrogen and oxygen atoms in total. The molecule has 4 aliphatic heterocycles. The Morgan fingerprint density at radius 1 is 1.11 bits per heavy atom. The number of rotatable bonds is 8. The minimum absolute atomic E-state index is 0.0454. The summed E-state index contributed by atoms with van der Waals surface area (Å²) in [7, 11) is 0. The molecule has 4 atom stereocenters. The van der Waals surface area contributed by atoms with E-state index in [9.17, 15) is 14.0 Å². The molecule has 1 spiro atoms. The van der Waals surface area contributed by atoms with Gasteiger partial charge in [-0.1, -0.05) is 42.0 Å². The molecule has 0 radical (unpaired) electrons. The number of fused-ring (bicyclic) bond motifs is 1. The molecule has 0 aliphatic carbocycles. The Labute approximate surface area is 227 Å². The van der Waals surface area contributed by atoms with Gasteiger partial charge in [-0.3, -0.25) is 14.5 Å². The van der Waals surface area contributed by atoms with Crippen LogP contribution in [0.2, 0.25) is 5.02 Å². The SMILES string of the molecule is O=C(NCCCN1CCN(c2ccc(F)cc2)CC1)[C@H]1[C@H]2C=C[C@@]3(CN(Cc4ccccc4Cl)C(=O)[C@@H]13)O2. The fourth-order valence-corrected chi connectivity index (χ4v) is 6.55. The zero-order valence-corrected chi connectivity index (χ0v) is 21.9. The van der Waals surface area contributed by atoms with E-state index in [2.05, 4.69) is 15.1 Å². The van der Waals surface area contributed by atoms with Crippen molar-refractivity contribution in [1.29, 1.82) is 0 Å². The highest BCUT2D eigenvalue weighted by molar-refractivity contribution is 6.31. The molecule has 6 rings (SSSR count). The van der Waals surface area contributed by atoms with Crippen molar-refractivity contribution < 1.29 is 18.7 Å². The van der Waals surface area contributed by atoms with E-state index in [4.69, 9.17) is 16.3 Å². The number of nitrogens with one attached hydrogen (secondary N) is 1. The van der Waals surface area contributed by atoms with Gasteiger partial charge in [-0.25, -0.2) is 4.39 Å². The molecule has 2 amide bonds. The predicted octanol–water partition coefficient (Wildman–Crippen LogP) is 3.09. The van der Waals surface area contributed by atoms with Crippen LogP contribution >= 0.6 is 11.6 Å². The lowest BCUT2D eigenvalue weighted by Gasteiger charge is -2.36. The van der Waals surface area contributed by atoms with Crippen molar-refractivity contribution in [3.63, 3.8) is 0 Å². The number of carbonyl (C=O) groups is 2. The largest absolute Gasteiger partial charge is 0.369 e. The molecule has 2 aromatic carbocycles. The van der Waals surface area contributed by atoms with Crippen LogP contribution in [0.5, 0.6) is 0 Å². The zero-order chi connectivity index (χ0) is 26.3. The average Bonchev–Trinajstić information content (AvgIpc) is 3.57. The van der Waals surface area contributed by atoms with Gasteiger partial charge in [0, 0.05) is 50.0 Å². The number of halogens is 2. The summed E-state index contributed by atoms with van der Waals surface area (Å²) in [5, 5.41) is 3.70. The second kappa shape index (κ2) is 10.3. The van der Waals surface area contributed by atoms with Crippen LogP contribution in [-0.4, -0.2) is 79.1 Å². The van der Waals surface area contributed by atoms with Crippen LogP contribution in [0.3, 0.4) is 0 Å². The van der Waals surface area contributed by atoms with E-state index in [0.717, 1.165) is 50.4 Å². The van der Waals surface area contributed by atoms with Crippen LogP contribution in [0.15, 0.2) is 60.7 Å². The van der Waals surface area contributed by atoms with E-state index in [0.29, 0.717) is 24.7 Å². The molecule has 200 valence electrons. The quantitative estimate of drug-likeness (QED) is 0.413. The summed E-state index contributed by atoms with van der Waals surface area (Å²) in [4.78, 5) is 33.1. The number of hydrogen-bond acceptors (Lipinski definition) is 5. The number of anilines is 1. The number of hydrogen-bond donors (Lipinski definition) is 1. The van der Waals surface area contributed by atoms with Crippen LogP contribution in [-0.2, 0) is 20.9 Å². The van der Waals surface area contributed by atoms with Gasteiger partial charge in [-0.15, -0.1) is 0 Å². The molecule has 1 N–H and O–H groups in total. The van der Waals surface area contributed by atoms with Gasteiger partial charge in [0.25, 0.3) is 0 Å². The van der Waals surface area contributed by atoms with Crippen molar-refractivity contribution in [3.8, 4) is 0 Å². The number of benzene rings is 2. The molecule has 0 unspecified atom stereocenters. The van der Waals surface area contributed by atoms with E-state index in [1.54, 1.807) is 4.90 Å². The predicted molar refractivity (Wildman–Crippen MR) is 143 cm³/mol. The molecular formula is C29H32ClFN4O3. The third kappa shape index (κ3) is 4.70. The lowest BCUT2D eigenvalue weighted by molar-refractivity contribution is -0.137. The summed E-state index contributed by atoms with van der Waals surface area (Å²) in [5.74, 6) is -1.39. The third-order valence-corrected chi connectivity index (χ3v) is 8.68. The second-order valence-electron chi connectivity index (χ2n) is 10.6.